The summed E-state index contributed by atoms with van der Waals surface area (Å²) in [7, 11) is -3.81. The number of nitrogens with zero attached hydrogens (tertiary/aromatic N) is 2. The first kappa shape index (κ1) is 40.9. The lowest BCUT2D eigenvalue weighted by atomic mass is 9.93. The summed E-state index contributed by atoms with van der Waals surface area (Å²) in [6, 6.07) is 27.5. The van der Waals surface area contributed by atoms with Gasteiger partial charge in [0.25, 0.3) is 5.91 Å². The highest BCUT2D eigenvalue weighted by Gasteiger charge is 2.28. The lowest BCUT2D eigenvalue weighted by Gasteiger charge is -2.42. The molecule has 0 unspecified atom stereocenters. The number of aliphatic hydroxyl groups excluding tert-OH is 1. The number of ether oxygens (including phenoxy) is 1. The molecular weight excluding hydrogens is 755 g/mol. The van der Waals surface area contributed by atoms with Crippen molar-refractivity contribution < 1.29 is 28.2 Å². The molecule has 1 saturated heterocycles. The molecule has 5 aromatic rings. The van der Waals surface area contributed by atoms with E-state index in [1.807, 2.05) is 24.3 Å². The highest BCUT2D eigenvalue weighted by atomic mass is 32.2. The number of phenols is 1. The Labute approximate surface area is 339 Å². The van der Waals surface area contributed by atoms with Crippen LogP contribution in [0.5, 0.6) is 11.5 Å². The van der Waals surface area contributed by atoms with Crippen molar-refractivity contribution in [2.45, 2.75) is 73.6 Å². The SMILES string of the molecule is C[C@H](c1ccc(S(=O)(=O)c2cccc(OC=CC(=O)Nc3ccc(CNC[C@H](O)c4ccc(O)c5[nH]c(=O)ccc45)cc3)c2)cc1)N1CCN(C2CCCCC2)CC1. The Morgan fingerprint density at radius 3 is 2.40 bits per heavy atom. The number of rotatable bonds is 14. The number of pyridine rings is 1. The molecule has 5 N–H and O–H groups in total. The van der Waals surface area contributed by atoms with Crippen LogP contribution in [-0.2, 0) is 21.2 Å². The van der Waals surface area contributed by atoms with Gasteiger partial charge in [0, 0.05) is 74.6 Å². The van der Waals surface area contributed by atoms with E-state index in [9.17, 15) is 28.2 Å². The number of aliphatic hydroxyl groups is 1. The average molecular weight is 806 g/mol. The number of piperazine rings is 1. The Balaban J connectivity index is 0.867. The number of carbonyl (C=O) groups excluding carboxylic acids is 1. The number of H-pyrrole nitrogens is 1. The summed E-state index contributed by atoms with van der Waals surface area (Å²) in [5, 5.41) is 27.4. The zero-order chi connectivity index (χ0) is 40.6. The minimum atomic E-state index is -3.81. The molecule has 4 aromatic carbocycles. The molecule has 2 heterocycles. The van der Waals surface area contributed by atoms with Gasteiger partial charge in [-0.15, -0.1) is 0 Å². The molecule has 1 aliphatic carbocycles. The second kappa shape index (κ2) is 18.5. The molecule has 13 heteroatoms. The Morgan fingerprint density at radius 2 is 1.66 bits per heavy atom. The van der Waals surface area contributed by atoms with E-state index in [0.29, 0.717) is 23.2 Å². The third-order valence-corrected chi connectivity index (χ3v) is 13.1. The molecule has 12 nitrogen and oxygen atoms in total. The number of aromatic amines is 1. The van der Waals surface area contributed by atoms with Crippen LogP contribution in [-0.4, -0.2) is 78.1 Å². The van der Waals surface area contributed by atoms with Crippen molar-refractivity contribution >= 4 is 32.3 Å². The van der Waals surface area contributed by atoms with Gasteiger partial charge in [-0.2, -0.15) is 0 Å². The second-order valence-electron chi connectivity index (χ2n) is 15.1. The Hall–Kier alpha value is -5.31. The Morgan fingerprint density at radius 1 is 0.914 bits per heavy atom. The first-order valence-corrected chi connectivity index (χ1v) is 21.4. The minimum Gasteiger partial charge on any atom is -0.506 e. The number of hydrogen-bond acceptors (Lipinski definition) is 10. The van der Waals surface area contributed by atoms with Crippen molar-refractivity contribution in [2.24, 2.45) is 0 Å². The largest absolute Gasteiger partial charge is 0.506 e. The minimum absolute atomic E-state index is 0.0689. The molecule has 1 aliphatic heterocycles. The smallest absolute Gasteiger partial charge is 0.251 e. The number of fused-ring (bicyclic) bond motifs is 1. The van der Waals surface area contributed by atoms with Crippen LogP contribution in [0.1, 0.15) is 67.9 Å². The van der Waals surface area contributed by atoms with E-state index in [1.165, 1.54) is 68.7 Å². The quantitative estimate of drug-likeness (QED) is 0.0624. The summed E-state index contributed by atoms with van der Waals surface area (Å²) in [6.07, 6.45) is 8.23. The first-order chi connectivity index (χ1) is 28.0. The number of phenolic OH excluding ortho intramolecular Hbond substituents is 1. The number of amides is 1. The number of sulfone groups is 1. The number of nitrogens with one attached hydrogen (secondary N) is 3. The van der Waals surface area contributed by atoms with Crippen LogP contribution in [0.3, 0.4) is 0 Å². The summed E-state index contributed by atoms with van der Waals surface area (Å²) in [5.74, 6) is -0.223. The Bertz CT molecular complexity index is 2390. The van der Waals surface area contributed by atoms with Crippen molar-refractivity contribution in [3.05, 3.63) is 136 Å². The molecule has 7 rings (SSSR count). The monoisotopic (exact) mass is 805 g/mol. The lowest BCUT2D eigenvalue weighted by Crippen LogP contribution is -2.51. The second-order valence-corrected chi connectivity index (χ2v) is 17.1. The van der Waals surface area contributed by atoms with Crippen molar-refractivity contribution in [2.75, 3.05) is 38.0 Å². The van der Waals surface area contributed by atoms with Gasteiger partial charge < -0.3 is 30.6 Å². The summed E-state index contributed by atoms with van der Waals surface area (Å²) in [6.45, 7) is 7.04. The summed E-state index contributed by atoms with van der Waals surface area (Å²) < 4.78 is 32.8. The zero-order valence-electron chi connectivity index (χ0n) is 32.6. The fourth-order valence-electron chi connectivity index (χ4n) is 8.00. The van der Waals surface area contributed by atoms with Gasteiger partial charge in [0.1, 0.15) is 11.5 Å². The van der Waals surface area contributed by atoms with Gasteiger partial charge in [0.15, 0.2) is 0 Å². The van der Waals surface area contributed by atoms with Gasteiger partial charge in [-0.3, -0.25) is 19.4 Å². The van der Waals surface area contributed by atoms with Crippen LogP contribution in [0.15, 0.2) is 124 Å². The number of aromatic nitrogens is 1. The van der Waals surface area contributed by atoms with E-state index < -0.39 is 21.8 Å². The molecule has 0 spiro atoms. The van der Waals surface area contributed by atoms with E-state index >= 15 is 0 Å². The molecule has 2 atom stereocenters. The van der Waals surface area contributed by atoms with Crippen molar-refractivity contribution in [1.82, 2.24) is 20.1 Å². The molecule has 1 aromatic heterocycles. The van der Waals surface area contributed by atoms with Gasteiger partial charge in [-0.1, -0.05) is 55.7 Å². The van der Waals surface area contributed by atoms with Gasteiger partial charge >= 0.3 is 0 Å². The van der Waals surface area contributed by atoms with Gasteiger partial charge in [0.2, 0.25) is 15.4 Å². The van der Waals surface area contributed by atoms with Crippen LogP contribution >= 0.6 is 0 Å². The Kier molecular flexibility index (Phi) is 13.0. The number of benzene rings is 4. The van der Waals surface area contributed by atoms with Crippen molar-refractivity contribution in [3.8, 4) is 11.5 Å². The number of hydrogen-bond donors (Lipinski definition) is 5. The number of anilines is 1. The normalized spacial score (nSPS) is 17.0. The molecule has 0 radical (unpaired) electrons. The highest BCUT2D eigenvalue weighted by molar-refractivity contribution is 7.91. The summed E-state index contributed by atoms with van der Waals surface area (Å²) >= 11 is 0. The molecule has 2 aliphatic rings. The number of carbonyl (C=O) groups is 1. The third kappa shape index (κ3) is 9.86. The molecule has 2 fully saturated rings. The highest BCUT2D eigenvalue weighted by Crippen LogP contribution is 2.31. The van der Waals surface area contributed by atoms with E-state index in [0.717, 1.165) is 43.3 Å². The van der Waals surface area contributed by atoms with Crippen LogP contribution in [0.2, 0.25) is 0 Å². The lowest BCUT2D eigenvalue weighted by molar-refractivity contribution is -0.112. The maximum absolute atomic E-state index is 13.6. The first-order valence-electron chi connectivity index (χ1n) is 20.0. The van der Waals surface area contributed by atoms with Crippen molar-refractivity contribution in [3.63, 3.8) is 0 Å². The van der Waals surface area contributed by atoms with E-state index in [-0.39, 0.29) is 45.0 Å². The van der Waals surface area contributed by atoms with Gasteiger partial charge in [-0.05, 0) is 91.1 Å². The molecule has 58 heavy (non-hydrogen) atoms. The van der Waals surface area contributed by atoms with Crippen LogP contribution in [0.25, 0.3) is 10.9 Å². The number of aromatic hydroxyl groups is 1. The van der Waals surface area contributed by atoms with Gasteiger partial charge in [0.05, 0.1) is 27.7 Å². The van der Waals surface area contributed by atoms with Crippen molar-refractivity contribution in [1.29, 1.82) is 0 Å². The molecule has 1 amide bonds. The fraction of sp³-hybridized carbons (Fsp3) is 0.333. The maximum atomic E-state index is 13.6. The van der Waals surface area contributed by atoms with E-state index in [2.05, 4.69) is 32.3 Å². The van der Waals surface area contributed by atoms with E-state index in [4.69, 9.17) is 4.74 Å². The molecular formula is C45H51N5O7S. The van der Waals surface area contributed by atoms with E-state index in [1.54, 1.807) is 48.5 Å². The topological polar surface area (TPSA) is 164 Å². The molecule has 304 valence electrons. The molecule has 0 bridgehead atoms. The summed E-state index contributed by atoms with van der Waals surface area (Å²) in [5.41, 5.74) is 3.08. The maximum Gasteiger partial charge on any atom is 0.251 e. The zero-order valence-corrected chi connectivity index (χ0v) is 33.5. The summed E-state index contributed by atoms with van der Waals surface area (Å²) in [4.78, 5) is 32.4. The van der Waals surface area contributed by atoms with Crippen LogP contribution in [0.4, 0.5) is 5.69 Å². The fourth-order valence-corrected chi connectivity index (χ4v) is 9.30. The third-order valence-electron chi connectivity index (χ3n) is 11.4. The molecule has 1 saturated carbocycles. The standard InChI is InChI=1S/C45H51N5O7S/c1-31(49-23-25-50(26-24-49)35-6-3-2-4-7-35)33-12-16-37(17-13-33)58(55,56)38-9-5-8-36(28-38)57-27-22-44(54)47-34-14-10-32(11-15-34)29-46-30-42(52)39-18-20-41(51)45-40(39)19-21-43(53)48-45/h5,8-22,27-28,31,35,42,46,51-52H,2-4,6-7,23-26,29-30H2,1H3,(H,47,54)(H,48,53)/t31-,42+/m1/s1. The predicted molar refractivity (Wildman–Crippen MR) is 225 cm³/mol. The van der Waals surface area contributed by atoms with Crippen LogP contribution < -0.4 is 20.9 Å². The van der Waals surface area contributed by atoms with Gasteiger partial charge in [-0.25, -0.2) is 8.42 Å². The predicted octanol–water partition coefficient (Wildman–Crippen LogP) is 6.43. The van der Waals surface area contributed by atoms with Crippen LogP contribution in [0, 0.1) is 0 Å². The average Bonchev–Trinajstić information content (AvgIpc) is 3.25.